The summed E-state index contributed by atoms with van der Waals surface area (Å²) in [5.41, 5.74) is 0.627. The van der Waals surface area contributed by atoms with Gasteiger partial charge in [-0.25, -0.2) is 9.18 Å². The van der Waals surface area contributed by atoms with E-state index in [4.69, 9.17) is 9.84 Å². The Hall–Kier alpha value is -1.49. The van der Waals surface area contributed by atoms with Gasteiger partial charge in [0.2, 0.25) is 0 Å². The number of aromatic hydroxyl groups is 1. The molecule has 0 aromatic heterocycles. The average molecular weight is 248 g/mol. The second-order valence-electron chi connectivity index (χ2n) is 3.33. The summed E-state index contributed by atoms with van der Waals surface area (Å²) in [6.45, 7) is 0.318. The number of carbonyl (C=O) groups is 1. The van der Waals surface area contributed by atoms with Gasteiger partial charge in [-0.1, -0.05) is 6.07 Å². The number of amides is 1. The molecule has 2 rings (SSSR count). The van der Waals surface area contributed by atoms with Gasteiger partial charge >= 0.3 is 6.09 Å². The lowest BCUT2D eigenvalue weighted by Crippen LogP contribution is -2.35. The summed E-state index contributed by atoms with van der Waals surface area (Å²) in [5.74, 6) is -1.08. The largest absolute Gasteiger partial charge is 0.505 e. The first-order valence-electron chi connectivity index (χ1n) is 4.58. The SMILES string of the molecule is Cl.O=C1N[C@@H](c2ccc(O)c(F)c2)CCO1. The number of rotatable bonds is 1. The van der Waals surface area contributed by atoms with Gasteiger partial charge in [0.25, 0.3) is 0 Å². The van der Waals surface area contributed by atoms with Crippen LogP contribution in [0.2, 0.25) is 0 Å². The van der Waals surface area contributed by atoms with Crippen molar-refractivity contribution < 1.29 is 19.0 Å². The van der Waals surface area contributed by atoms with E-state index in [-0.39, 0.29) is 18.4 Å². The van der Waals surface area contributed by atoms with Crippen LogP contribution in [0.4, 0.5) is 9.18 Å². The monoisotopic (exact) mass is 247 g/mol. The summed E-state index contributed by atoms with van der Waals surface area (Å²) in [6, 6.07) is 3.81. The predicted molar refractivity (Wildman–Crippen MR) is 57.2 cm³/mol. The number of benzene rings is 1. The Labute approximate surface area is 97.8 Å². The highest BCUT2D eigenvalue weighted by atomic mass is 35.5. The molecule has 6 heteroatoms. The average Bonchev–Trinajstić information content (AvgIpc) is 2.22. The number of phenols is 1. The zero-order chi connectivity index (χ0) is 10.8. The molecule has 1 aromatic rings. The highest BCUT2D eigenvalue weighted by Gasteiger charge is 2.21. The number of hydrogen-bond acceptors (Lipinski definition) is 3. The van der Waals surface area contributed by atoms with Gasteiger partial charge in [-0.05, 0) is 17.7 Å². The minimum Gasteiger partial charge on any atom is -0.505 e. The maximum absolute atomic E-state index is 13.0. The number of ether oxygens (including phenoxy) is 1. The van der Waals surface area contributed by atoms with E-state index >= 15 is 0 Å². The molecule has 1 fully saturated rings. The molecule has 0 unspecified atom stereocenters. The van der Waals surface area contributed by atoms with Crippen molar-refractivity contribution in [3.05, 3.63) is 29.6 Å². The van der Waals surface area contributed by atoms with E-state index in [0.717, 1.165) is 0 Å². The van der Waals surface area contributed by atoms with Gasteiger partial charge in [0.15, 0.2) is 11.6 Å². The number of cyclic esters (lactones) is 1. The molecule has 1 aliphatic heterocycles. The Morgan fingerprint density at radius 2 is 2.25 bits per heavy atom. The van der Waals surface area contributed by atoms with Crippen LogP contribution in [0.1, 0.15) is 18.0 Å². The van der Waals surface area contributed by atoms with Crippen molar-refractivity contribution in [3.63, 3.8) is 0 Å². The molecule has 1 aromatic carbocycles. The van der Waals surface area contributed by atoms with Crippen LogP contribution >= 0.6 is 12.4 Å². The summed E-state index contributed by atoms with van der Waals surface area (Å²) in [7, 11) is 0. The van der Waals surface area contributed by atoms with Gasteiger partial charge in [0.1, 0.15) is 0 Å². The molecule has 0 aliphatic carbocycles. The van der Waals surface area contributed by atoms with E-state index < -0.39 is 17.7 Å². The number of carbonyl (C=O) groups excluding carboxylic acids is 1. The van der Waals surface area contributed by atoms with Crippen molar-refractivity contribution in [2.24, 2.45) is 0 Å². The lowest BCUT2D eigenvalue weighted by molar-refractivity contribution is 0.115. The topological polar surface area (TPSA) is 58.6 Å². The molecule has 2 N–H and O–H groups in total. The molecule has 1 amide bonds. The second-order valence-corrected chi connectivity index (χ2v) is 3.33. The smallest absolute Gasteiger partial charge is 0.407 e. The molecule has 1 saturated heterocycles. The van der Waals surface area contributed by atoms with E-state index in [9.17, 15) is 9.18 Å². The van der Waals surface area contributed by atoms with Crippen molar-refractivity contribution in [2.45, 2.75) is 12.5 Å². The van der Waals surface area contributed by atoms with Crippen LogP contribution < -0.4 is 5.32 Å². The summed E-state index contributed by atoms with van der Waals surface area (Å²) in [4.78, 5) is 10.9. The molecule has 88 valence electrons. The van der Waals surface area contributed by atoms with Crippen LogP contribution in [0, 0.1) is 5.82 Å². The maximum atomic E-state index is 13.0. The molecule has 1 atom stereocenters. The lowest BCUT2D eigenvalue weighted by atomic mass is 10.0. The second kappa shape index (κ2) is 5.03. The number of alkyl carbamates (subject to hydrolysis) is 1. The van der Waals surface area contributed by atoms with Gasteiger partial charge in [0.05, 0.1) is 12.6 Å². The first kappa shape index (κ1) is 12.6. The highest BCUT2D eigenvalue weighted by molar-refractivity contribution is 5.85. The summed E-state index contributed by atoms with van der Waals surface area (Å²) in [5, 5.41) is 11.6. The highest BCUT2D eigenvalue weighted by Crippen LogP contribution is 2.24. The molecule has 1 aliphatic rings. The lowest BCUT2D eigenvalue weighted by Gasteiger charge is -2.23. The predicted octanol–water partition coefficient (Wildman–Crippen LogP) is 2.12. The van der Waals surface area contributed by atoms with E-state index in [1.54, 1.807) is 6.07 Å². The van der Waals surface area contributed by atoms with Gasteiger partial charge < -0.3 is 15.2 Å². The van der Waals surface area contributed by atoms with E-state index in [0.29, 0.717) is 18.6 Å². The van der Waals surface area contributed by atoms with Crippen molar-refractivity contribution in [1.82, 2.24) is 5.32 Å². The van der Waals surface area contributed by atoms with Gasteiger partial charge in [-0.3, -0.25) is 0 Å². The van der Waals surface area contributed by atoms with Crippen LogP contribution in [0.15, 0.2) is 18.2 Å². The number of nitrogens with one attached hydrogen (secondary N) is 1. The summed E-state index contributed by atoms with van der Waals surface area (Å²) in [6.07, 6.45) is 0.0930. The summed E-state index contributed by atoms with van der Waals surface area (Å²) >= 11 is 0. The molecule has 4 nitrogen and oxygen atoms in total. The Balaban J connectivity index is 0.00000128. The van der Waals surface area contributed by atoms with Gasteiger partial charge in [-0.2, -0.15) is 0 Å². The molecule has 0 bridgehead atoms. The van der Waals surface area contributed by atoms with Gasteiger partial charge in [-0.15, -0.1) is 12.4 Å². The van der Waals surface area contributed by atoms with E-state index in [2.05, 4.69) is 5.32 Å². The normalized spacial score (nSPS) is 19.3. The first-order valence-corrected chi connectivity index (χ1v) is 4.58. The van der Waals surface area contributed by atoms with Crippen molar-refractivity contribution in [3.8, 4) is 5.75 Å². The summed E-state index contributed by atoms with van der Waals surface area (Å²) < 4.78 is 17.7. The fourth-order valence-electron chi connectivity index (χ4n) is 1.52. The Morgan fingerprint density at radius 1 is 1.50 bits per heavy atom. The van der Waals surface area contributed by atoms with Crippen LogP contribution in [0.5, 0.6) is 5.75 Å². The van der Waals surface area contributed by atoms with Crippen molar-refractivity contribution in [2.75, 3.05) is 6.61 Å². The minimum atomic E-state index is -0.687. The van der Waals surface area contributed by atoms with Crippen molar-refractivity contribution >= 4 is 18.5 Å². The number of halogens is 2. The van der Waals surface area contributed by atoms with Crippen LogP contribution in [0.3, 0.4) is 0 Å². The van der Waals surface area contributed by atoms with Gasteiger partial charge in [0, 0.05) is 6.42 Å². The Bertz CT molecular complexity index is 400. The standard InChI is InChI=1S/C10H10FNO3.ClH/c11-7-5-6(1-2-9(7)13)8-3-4-15-10(14)12-8;/h1-2,5,8,13H,3-4H2,(H,12,14);1H/t8-;/m1./s1. The number of hydrogen-bond donors (Lipinski definition) is 2. The molecule has 16 heavy (non-hydrogen) atoms. The van der Waals surface area contributed by atoms with Crippen molar-refractivity contribution in [1.29, 1.82) is 0 Å². The van der Waals surface area contributed by atoms with E-state index in [1.165, 1.54) is 12.1 Å². The third kappa shape index (κ3) is 2.55. The third-order valence-corrected chi connectivity index (χ3v) is 2.31. The quantitative estimate of drug-likeness (QED) is 0.799. The Morgan fingerprint density at radius 3 is 2.88 bits per heavy atom. The fourth-order valence-corrected chi connectivity index (χ4v) is 1.52. The maximum Gasteiger partial charge on any atom is 0.407 e. The minimum absolute atomic E-state index is 0. The molecule has 0 radical (unpaired) electrons. The van der Waals surface area contributed by atoms with E-state index in [1.807, 2.05) is 0 Å². The fraction of sp³-hybridized carbons (Fsp3) is 0.300. The molecular weight excluding hydrogens is 237 g/mol. The third-order valence-electron chi connectivity index (χ3n) is 2.31. The molecule has 1 heterocycles. The Kier molecular flexibility index (Phi) is 3.95. The van der Waals surface area contributed by atoms with Crippen LogP contribution in [-0.2, 0) is 4.74 Å². The van der Waals surface area contributed by atoms with Crippen LogP contribution in [0.25, 0.3) is 0 Å². The molecule has 0 spiro atoms. The first-order chi connectivity index (χ1) is 7.16. The zero-order valence-corrected chi connectivity index (χ0v) is 9.09. The number of phenolic OH excluding ortho intramolecular Hbond substituents is 1. The van der Waals surface area contributed by atoms with Crippen LogP contribution in [-0.4, -0.2) is 17.8 Å². The molecular formula is C10H11ClFNO3. The zero-order valence-electron chi connectivity index (χ0n) is 8.27. The molecule has 0 saturated carbocycles.